The van der Waals surface area contributed by atoms with Crippen molar-refractivity contribution >= 4 is 25.6 Å². The Balaban J connectivity index is 1.45. The lowest BCUT2D eigenvalue weighted by Crippen LogP contribution is -2.45. The van der Waals surface area contributed by atoms with E-state index in [-0.39, 0.29) is 10.5 Å². The smallest absolute Gasteiger partial charge is 0.236 e. The van der Waals surface area contributed by atoms with Gasteiger partial charge in [0, 0.05) is 43.3 Å². The zero-order valence-corrected chi connectivity index (χ0v) is 23.5. The maximum Gasteiger partial charge on any atom is 0.236 e. The Morgan fingerprint density at radius 2 is 2.14 bits per heavy atom. The number of aryl methyl sites for hydroxylation is 1. The SMILES string of the molecule is CC(C)(C)[Si](C)(C)OC[C@@]1(C)CNc2c(C#N)cc(-c3ccnc(Nc4cnn5c4OCCC5)n3)cc21. The molecule has 0 saturated carbocycles. The minimum atomic E-state index is -1.93. The number of benzene rings is 1. The molecule has 0 spiro atoms. The Kier molecular flexibility index (Phi) is 6.24. The van der Waals surface area contributed by atoms with Crippen LogP contribution in [0.3, 0.4) is 0 Å². The molecule has 2 N–H and O–H groups in total. The fourth-order valence-electron chi connectivity index (χ4n) is 4.46. The van der Waals surface area contributed by atoms with E-state index in [2.05, 4.69) is 73.6 Å². The second-order valence-electron chi connectivity index (χ2n) is 11.7. The van der Waals surface area contributed by atoms with Crippen LogP contribution in [0.2, 0.25) is 18.1 Å². The number of anilines is 3. The van der Waals surface area contributed by atoms with Crippen LogP contribution >= 0.6 is 0 Å². The predicted molar refractivity (Wildman–Crippen MR) is 147 cm³/mol. The van der Waals surface area contributed by atoms with Crippen molar-refractivity contribution < 1.29 is 9.16 Å². The van der Waals surface area contributed by atoms with Gasteiger partial charge in [0.25, 0.3) is 0 Å². The molecule has 2 aromatic heterocycles. The van der Waals surface area contributed by atoms with Crippen molar-refractivity contribution in [2.45, 2.75) is 64.2 Å². The van der Waals surface area contributed by atoms with Gasteiger partial charge in [-0.3, -0.25) is 0 Å². The molecule has 3 aromatic rings. The van der Waals surface area contributed by atoms with Crippen molar-refractivity contribution in [3.63, 3.8) is 0 Å². The summed E-state index contributed by atoms with van der Waals surface area (Å²) in [6, 6.07) is 8.27. The molecule has 0 amide bonds. The van der Waals surface area contributed by atoms with E-state index in [1.54, 1.807) is 12.4 Å². The average molecular weight is 518 g/mol. The van der Waals surface area contributed by atoms with Crippen molar-refractivity contribution in [2.75, 3.05) is 30.4 Å². The van der Waals surface area contributed by atoms with Gasteiger partial charge in [-0.1, -0.05) is 27.7 Å². The number of nitriles is 1. The Morgan fingerprint density at radius 1 is 1.32 bits per heavy atom. The van der Waals surface area contributed by atoms with Crippen LogP contribution in [0.15, 0.2) is 30.6 Å². The van der Waals surface area contributed by atoms with Gasteiger partial charge in [-0.25, -0.2) is 14.6 Å². The van der Waals surface area contributed by atoms with Crippen molar-refractivity contribution in [2.24, 2.45) is 0 Å². The van der Waals surface area contributed by atoms with Crippen LogP contribution < -0.4 is 15.4 Å². The Morgan fingerprint density at radius 3 is 2.89 bits per heavy atom. The maximum atomic E-state index is 9.96. The minimum Gasteiger partial charge on any atom is -0.476 e. The summed E-state index contributed by atoms with van der Waals surface area (Å²) in [6.45, 7) is 16.3. The summed E-state index contributed by atoms with van der Waals surface area (Å²) in [7, 11) is -1.93. The predicted octanol–water partition coefficient (Wildman–Crippen LogP) is 5.44. The second kappa shape index (κ2) is 9.15. The summed E-state index contributed by atoms with van der Waals surface area (Å²) in [5.41, 5.74) is 4.68. The van der Waals surface area contributed by atoms with Gasteiger partial charge in [0.05, 0.1) is 29.7 Å². The van der Waals surface area contributed by atoms with Crippen LogP contribution in [0.5, 0.6) is 5.88 Å². The van der Waals surface area contributed by atoms with Gasteiger partial charge >= 0.3 is 0 Å². The summed E-state index contributed by atoms with van der Waals surface area (Å²) in [5, 5.41) is 21.2. The molecule has 0 fully saturated rings. The normalized spacial score (nSPS) is 18.8. The van der Waals surface area contributed by atoms with E-state index < -0.39 is 8.32 Å². The highest BCUT2D eigenvalue weighted by atomic mass is 28.4. The molecule has 1 aromatic carbocycles. The molecule has 9 nitrogen and oxygen atoms in total. The molecule has 2 aliphatic rings. The van der Waals surface area contributed by atoms with Gasteiger partial charge in [0.2, 0.25) is 11.8 Å². The van der Waals surface area contributed by atoms with Gasteiger partial charge in [0.15, 0.2) is 8.32 Å². The third-order valence-corrected chi connectivity index (χ3v) is 12.3. The Bertz CT molecular complexity index is 1370. The first kappa shape index (κ1) is 25.2. The lowest BCUT2D eigenvalue weighted by atomic mass is 9.83. The van der Waals surface area contributed by atoms with Crippen molar-refractivity contribution in [3.05, 3.63) is 41.7 Å². The Hall–Kier alpha value is -3.42. The van der Waals surface area contributed by atoms with Gasteiger partial charge in [-0.15, -0.1) is 0 Å². The number of hydrogen-bond donors (Lipinski definition) is 2. The highest BCUT2D eigenvalue weighted by Crippen LogP contribution is 2.44. The molecule has 194 valence electrons. The third kappa shape index (κ3) is 4.69. The largest absolute Gasteiger partial charge is 0.476 e. The molecule has 0 saturated heterocycles. The molecule has 0 unspecified atom stereocenters. The van der Waals surface area contributed by atoms with Crippen molar-refractivity contribution in [3.8, 4) is 23.2 Å². The molecule has 4 heterocycles. The number of rotatable bonds is 6. The summed E-state index contributed by atoms with van der Waals surface area (Å²) in [6.07, 6.45) is 4.40. The summed E-state index contributed by atoms with van der Waals surface area (Å²) in [4.78, 5) is 9.17. The van der Waals surface area contributed by atoms with Crippen molar-refractivity contribution in [1.29, 1.82) is 5.26 Å². The zero-order chi connectivity index (χ0) is 26.4. The minimum absolute atomic E-state index is 0.127. The molecule has 2 aliphatic heterocycles. The number of nitrogens with one attached hydrogen (secondary N) is 2. The van der Waals surface area contributed by atoms with Crippen LogP contribution in [0.1, 0.15) is 45.2 Å². The van der Waals surface area contributed by atoms with E-state index in [4.69, 9.17) is 14.1 Å². The van der Waals surface area contributed by atoms with E-state index in [1.165, 1.54) is 0 Å². The van der Waals surface area contributed by atoms with Crippen LogP contribution in [-0.4, -0.2) is 47.8 Å². The highest BCUT2D eigenvalue weighted by Gasteiger charge is 2.42. The third-order valence-electron chi connectivity index (χ3n) is 7.86. The van der Waals surface area contributed by atoms with E-state index in [1.807, 2.05) is 16.8 Å². The van der Waals surface area contributed by atoms with E-state index in [0.717, 1.165) is 47.7 Å². The zero-order valence-electron chi connectivity index (χ0n) is 22.5. The molecule has 0 radical (unpaired) electrons. The topological polar surface area (TPSA) is 110 Å². The summed E-state index contributed by atoms with van der Waals surface area (Å²) >= 11 is 0. The van der Waals surface area contributed by atoms with E-state index >= 15 is 0 Å². The first-order valence-corrected chi connectivity index (χ1v) is 15.7. The van der Waals surface area contributed by atoms with Crippen LogP contribution in [0.4, 0.5) is 17.3 Å². The lowest BCUT2D eigenvalue weighted by Gasteiger charge is -2.39. The first-order chi connectivity index (χ1) is 17.5. The number of aromatic nitrogens is 4. The van der Waals surface area contributed by atoms with Gasteiger partial charge in [0.1, 0.15) is 11.8 Å². The number of ether oxygens (including phenoxy) is 1. The van der Waals surface area contributed by atoms with Crippen LogP contribution in [0, 0.1) is 11.3 Å². The molecule has 0 aliphatic carbocycles. The standard InChI is InChI=1S/C27H35N7O2Si/c1-26(2,3)37(5,6)36-17-27(4)16-30-23-19(14-28)12-18(13-20(23)27)21-8-9-29-25(32-21)33-22-15-31-34-10-7-11-35-24(22)34/h8-9,12-13,15,30H,7,10-11,16-17H2,1-6H3,(H,29,32,33)/t27-/m1/s1. The number of nitrogens with zero attached hydrogens (tertiary/aromatic N) is 5. The highest BCUT2D eigenvalue weighted by molar-refractivity contribution is 6.74. The van der Waals surface area contributed by atoms with E-state index in [9.17, 15) is 5.26 Å². The van der Waals surface area contributed by atoms with Gasteiger partial charge < -0.3 is 19.8 Å². The molecular formula is C27H35N7O2Si. The number of hydrogen-bond acceptors (Lipinski definition) is 8. The van der Waals surface area contributed by atoms with Gasteiger partial charge in [-0.2, -0.15) is 10.4 Å². The first-order valence-electron chi connectivity index (χ1n) is 12.8. The maximum absolute atomic E-state index is 9.96. The van der Waals surface area contributed by atoms with Crippen LogP contribution in [-0.2, 0) is 16.4 Å². The Labute approximate surface area is 219 Å². The quantitative estimate of drug-likeness (QED) is 0.416. The average Bonchev–Trinajstić information content (AvgIpc) is 3.43. The van der Waals surface area contributed by atoms with E-state index in [0.29, 0.717) is 30.6 Å². The molecule has 1 atom stereocenters. The molecule has 37 heavy (non-hydrogen) atoms. The fraction of sp³-hybridized carbons (Fsp3) is 0.481. The summed E-state index contributed by atoms with van der Waals surface area (Å²) in [5.74, 6) is 1.15. The lowest BCUT2D eigenvalue weighted by molar-refractivity contribution is 0.220. The summed E-state index contributed by atoms with van der Waals surface area (Å²) < 4.78 is 14.3. The fourth-order valence-corrected chi connectivity index (χ4v) is 5.58. The van der Waals surface area contributed by atoms with Crippen LogP contribution in [0.25, 0.3) is 11.3 Å². The molecule has 10 heteroatoms. The monoisotopic (exact) mass is 517 g/mol. The number of fused-ring (bicyclic) bond motifs is 2. The van der Waals surface area contributed by atoms with Gasteiger partial charge in [-0.05, 0) is 41.9 Å². The molecular weight excluding hydrogens is 482 g/mol. The van der Waals surface area contributed by atoms with Crippen molar-refractivity contribution in [1.82, 2.24) is 19.7 Å². The molecule has 5 rings (SSSR count). The molecule has 0 bridgehead atoms. The second-order valence-corrected chi connectivity index (χ2v) is 16.5.